The summed E-state index contributed by atoms with van der Waals surface area (Å²) in [7, 11) is 0. The van der Waals surface area contributed by atoms with Crippen molar-refractivity contribution < 1.29 is 39.8 Å². The van der Waals surface area contributed by atoms with E-state index in [2.05, 4.69) is 153 Å². The standard InChI is InChI=1S/C66H107NO8/c1-3-5-7-9-11-13-15-17-18-19-20-21-22-23-24-25-26-27-28-29-30-31-32-33-34-35-36-37-38-39-40-41-42-44-46-48-50-52-54-56-62(70)67-59(58-74-66-65(73)64(72)63(71)61(57-68)75-66)60(69)55-53-51-49-47-45-43-16-14-12-10-8-6-4-2/h5,7,11,13,17-18,20-21,23-24,26-27,29-30,32-33,35-36,38-39,45,47,53,55,59-61,63-66,68-69,71-73H,3-4,6,8-10,12,14-16,19,22,25,28,31,34,37,40-44,46,48-52,54,56-58H2,1-2H3,(H,67,70)/b7-5-,13-11-,18-17-,21-20-,24-23-,27-26-,30-29-,33-32-,36-35-,39-38-,47-45+,55-53+. The van der Waals surface area contributed by atoms with Gasteiger partial charge in [-0.05, 0) is 109 Å². The first-order valence-electron chi connectivity index (χ1n) is 29.6. The van der Waals surface area contributed by atoms with E-state index in [0.29, 0.717) is 6.42 Å². The first kappa shape index (κ1) is 69.1. The predicted octanol–water partition coefficient (Wildman–Crippen LogP) is 15.1. The quantitative estimate of drug-likeness (QED) is 0.0261. The van der Waals surface area contributed by atoms with Crippen LogP contribution in [-0.4, -0.2) is 87.5 Å². The summed E-state index contributed by atoms with van der Waals surface area (Å²) in [5, 5.41) is 54.3. The highest BCUT2D eigenvalue weighted by molar-refractivity contribution is 5.76. The summed E-state index contributed by atoms with van der Waals surface area (Å²) in [5.74, 6) is -0.203. The van der Waals surface area contributed by atoms with Gasteiger partial charge in [0.2, 0.25) is 5.91 Å². The molecule has 0 saturated carbocycles. The molecule has 1 aliphatic rings. The number of allylic oxidation sites excluding steroid dienone is 23. The van der Waals surface area contributed by atoms with Gasteiger partial charge < -0.3 is 40.3 Å². The zero-order chi connectivity index (χ0) is 54.3. The van der Waals surface area contributed by atoms with E-state index in [0.717, 1.165) is 116 Å². The molecule has 0 aromatic heterocycles. The van der Waals surface area contributed by atoms with Crippen molar-refractivity contribution in [3.63, 3.8) is 0 Å². The third-order valence-corrected chi connectivity index (χ3v) is 12.9. The molecule has 1 heterocycles. The van der Waals surface area contributed by atoms with Gasteiger partial charge in [0.25, 0.3) is 0 Å². The van der Waals surface area contributed by atoms with Crippen LogP contribution in [0.2, 0.25) is 0 Å². The Balaban J connectivity index is 2.18. The van der Waals surface area contributed by atoms with Crippen LogP contribution in [0.25, 0.3) is 0 Å². The summed E-state index contributed by atoms with van der Waals surface area (Å²) in [6, 6.07) is -0.836. The lowest BCUT2D eigenvalue weighted by molar-refractivity contribution is -0.302. The number of aliphatic hydroxyl groups excluding tert-OH is 5. The third kappa shape index (κ3) is 42.8. The number of carbonyl (C=O) groups is 1. The molecule has 1 fully saturated rings. The van der Waals surface area contributed by atoms with Gasteiger partial charge in [-0.3, -0.25) is 4.79 Å². The van der Waals surface area contributed by atoms with Crippen LogP contribution in [0.4, 0.5) is 0 Å². The van der Waals surface area contributed by atoms with Crippen molar-refractivity contribution in [1.82, 2.24) is 5.32 Å². The van der Waals surface area contributed by atoms with Gasteiger partial charge >= 0.3 is 0 Å². The van der Waals surface area contributed by atoms with E-state index < -0.39 is 49.5 Å². The highest BCUT2D eigenvalue weighted by Gasteiger charge is 2.44. The summed E-state index contributed by atoms with van der Waals surface area (Å²) < 4.78 is 11.2. The molecular weight excluding hydrogens is 935 g/mol. The number of aliphatic hydroxyl groups is 5. The minimum Gasteiger partial charge on any atom is -0.394 e. The highest BCUT2D eigenvalue weighted by atomic mass is 16.7. The summed E-state index contributed by atoms with van der Waals surface area (Å²) in [5.41, 5.74) is 0. The summed E-state index contributed by atoms with van der Waals surface area (Å²) in [6.45, 7) is 3.61. The normalized spacial score (nSPS) is 20.0. The summed E-state index contributed by atoms with van der Waals surface area (Å²) >= 11 is 0. The van der Waals surface area contributed by atoms with Gasteiger partial charge in [-0.25, -0.2) is 0 Å². The third-order valence-electron chi connectivity index (χ3n) is 12.9. The second-order valence-electron chi connectivity index (χ2n) is 19.7. The van der Waals surface area contributed by atoms with E-state index in [1.165, 1.54) is 70.6 Å². The number of hydrogen-bond donors (Lipinski definition) is 6. The molecule has 75 heavy (non-hydrogen) atoms. The molecule has 0 aliphatic carbocycles. The van der Waals surface area contributed by atoms with Crippen LogP contribution in [0.15, 0.2) is 146 Å². The lowest BCUT2D eigenvalue weighted by atomic mass is 9.99. The van der Waals surface area contributed by atoms with Gasteiger partial charge in [-0.1, -0.05) is 237 Å². The van der Waals surface area contributed by atoms with Crippen molar-refractivity contribution >= 4 is 5.91 Å². The number of carbonyl (C=O) groups excluding carboxylic acids is 1. The molecule has 1 aliphatic heterocycles. The van der Waals surface area contributed by atoms with Gasteiger partial charge in [0.1, 0.15) is 24.4 Å². The Hall–Kier alpha value is -3.93. The lowest BCUT2D eigenvalue weighted by Crippen LogP contribution is -2.60. The molecule has 7 unspecified atom stereocenters. The molecule has 0 spiro atoms. The smallest absolute Gasteiger partial charge is 0.220 e. The average molecular weight is 1040 g/mol. The van der Waals surface area contributed by atoms with Crippen molar-refractivity contribution in [2.24, 2.45) is 0 Å². The number of rotatable bonds is 48. The van der Waals surface area contributed by atoms with Crippen molar-refractivity contribution in [3.8, 4) is 0 Å². The maximum absolute atomic E-state index is 13.0. The predicted molar refractivity (Wildman–Crippen MR) is 317 cm³/mol. The SMILES string of the molecule is CC/C=C\C/C=C\C/C=C\C/C=C\C/C=C\C/C=C\C/C=C\C/C=C\C/C=C\C/C=C\CCCCCCCCCCC(=O)NC(COC1OC(CO)C(O)C(O)C1O)C(O)/C=C/CC/C=C/CCCCCCCCC. The van der Waals surface area contributed by atoms with Crippen LogP contribution < -0.4 is 5.32 Å². The Morgan fingerprint density at radius 2 is 0.840 bits per heavy atom. The minimum absolute atomic E-state index is 0.203. The molecule has 7 atom stereocenters. The van der Waals surface area contributed by atoms with E-state index in [4.69, 9.17) is 9.47 Å². The molecule has 9 heteroatoms. The molecule has 424 valence electrons. The van der Waals surface area contributed by atoms with Crippen LogP contribution in [-0.2, 0) is 14.3 Å². The number of unbranched alkanes of at least 4 members (excludes halogenated alkanes) is 16. The average Bonchev–Trinajstić information content (AvgIpc) is 3.41. The maximum atomic E-state index is 13.0. The Morgan fingerprint density at radius 3 is 1.28 bits per heavy atom. The van der Waals surface area contributed by atoms with E-state index in [-0.39, 0.29) is 12.5 Å². The van der Waals surface area contributed by atoms with E-state index in [9.17, 15) is 30.3 Å². The van der Waals surface area contributed by atoms with Gasteiger partial charge in [0.15, 0.2) is 6.29 Å². The molecule has 1 saturated heterocycles. The zero-order valence-electron chi connectivity index (χ0n) is 47.0. The molecule has 0 aromatic carbocycles. The van der Waals surface area contributed by atoms with Crippen molar-refractivity contribution in [1.29, 1.82) is 0 Å². The maximum Gasteiger partial charge on any atom is 0.220 e. The van der Waals surface area contributed by atoms with E-state index >= 15 is 0 Å². The van der Waals surface area contributed by atoms with Crippen LogP contribution in [0, 0.1) is 0 Å². The molecule has 6 N–H and O–H groups in total. The van der Waals surface area contributed by atoms with Crippen molar-refractivity contribution in [3.05, 3.63) is 146 Å². The molecule has 1 amide bonds. The van der Waals surface area contributed by atoms with Gasteiger partial charge in [0, 0.05) is 6.42 Å². The summed E-state index contributed by atoms with van der Waals surface area (Å²) in [6.07, 6.45) is 76.3. The number of hydrogen-bond acceptors (Lipinski definition) is 8. The molecule has 0 aromatic rings. The van der Waals surface area contributed by atoms with Crippen molar-refractivity contribution in [2.75, 3.05) is 13.2 Å². The van der Waals surface area contributed by atoms with Crippen LogP contribution in [0.5, 0.6) is 0 Å². The van der Waals surface area contributed by atoms with Crippen LogP contribution >= 0.6 is 0 Å². The van der Waals surface area contributed by atoms with Crippen LogP contribution in [0.1, 0.15) is 206 Å². The number of nitrogens with one attached hydrogen (secondary N) is 1. The van der Waals surface area contributed by atoms with Gasteiger partial charge in [-0.15, -0.1) is 0 Å². The lowest BCUT2D eigenvalue weighted by Gasteiger charge is -2.40. The molecular formula is C66H107NO8. The molecule has 0 bridgehead atoms. The van der Waals surface area contributed by atoms with Gasteiger partial charge in [-0.2, -0.15) is 0 Å². The first-order valence-corrected chi connectivity index (χ1v) is 29.6. The second kappa shape index (κ2) is 53.5. The molecule has 9 nitrogen and oxygen atoms in total. The van der Waals surface area contributed by atoms with Crippen molar-refractivity contribution in [2.45, 2.75) is 249 Å². The number of amides is 1. The zero-order valence-corrected chi connectivity index (χ0v) is 47.0. The fraction of sp³-hybridized carbons (Fsp3) is 0.621. The topological polar surface area (TPSA) is 149 Å². The van der Waals surface area contributed by atoms with E-state index in [1.54, 1.807) is 6.08 Å². The summed E-state index contributed by atoms with van der Waals surface area (Å²) in [4.78, 5) is 13.0. The Labute approximate surface area is 457 Å². The van der Waals surface area contributed by atoms with Crippen LogP contribution in [0.3, 0.4) is 0 Å². The Bertz CT molecular complexity index is 1680. The Kier molecular flexibility index (Phi) is 49.2. The Morgan fingerprint density at radius 1 is 0.467 bits per heavy atom. The molecule has 1 rings (SSSR count). The number of ether oxygens (including phenoxy) is 2. The second-order valence-corrected chi connectivity index (χ2v) is 19.7. The minimum atomic E-state index is -1.58. The fourth-order valence-electron chi connectivity index (χ4n) is 8.26. The highest BCUT2D eigenvalue weighted by Crippen LogP contribution is 2.22. The monoisotopic (exact) mass is 1040 g/mol. The fourth-order valence-corrected chi connectivity index (χ4v) is 8.26. The van der Waals surface area contributed by atoms with E-state index in [1.807, 2.05) is 6.08 Å². The van der Waals surface area contributed by atoms with Gasteiger partial charge in [0.05, 0.1) is 25.4 Å². The first-order chi connectivity index (χ1) is 36.8. The largest absolute Gasteiger partial charge is 0.394 e. The molecule has 0 radical (unpaired) electrons.